The van der Waals surface area contributed by atoms with Gasteiger partial charge >= 0.3 is 0 Å². The normalized spacial score (nSPS) is 18.3. The van der Waals surface area contributed by atoms with Crippen molar-refractivity contribution in [3.63, 3.8) is 0 Å². The lowest BCUT2D eigenvalue weighted by Gasteiger charge is -2.36. The highest BCUT2D eigenvalue weighted by molar-refractivity contribution is 5.82. The number of fused-ring (bicyclic) bond motifs is 1. The molecule has 1 aliphatic rings. The molecule has 116 valence electrons. The van der Waals surface area contributed by atoms with Gasteiger partial charge in [0, 0.05) is 23.8 Å². The highest BCUT2D eigenvalue weighted by atomic mass is 16.2. The van der Waals surface area contributed by atoms with E-state index in [0.717, 1.165) is 19.5 Å². The van der Waals surface area contributed by atoms with Gasteiger partial charge in [-0.25, -0.2) is 0 Å². The van der Waals surface area contributed by atoms with Gasteiger partial charge < -0.3 is 15.5 Å². The van der Waals surface area contributed by atoms with E-state index in [2.05, 4.69) is 40.7 Å². The van der Waals surface area contributed by atoms with Crippen LogP contribution >= 0.6 is 0 Å². The van der Waals surface area contributed by atoms with E-state index in [1.54, 1.807) is 0 Å². The van der Waals surface area contributed by atoms with Crippen LogP contribution in [-0.2, 0) is 4.79 Å². The summed E-state index contributed by atoms with van der Waals surface area (Å²) in [4.78, 5) is 14.4. The maximum atomic E-state index is 12.2. The van der Waals surface area contributed by atoms with Gasteiger partial charge in [0.2, 0.25) is 5.91 Å². The zero-order chi connectivity index (χ0) is 15.5. The van der Waals surface area contributed by atoms with Crippen LogP contribution in [0.5, 0.6) is 0 Å². The molecular formula is C17H27N3O. The van der Waals surface area contributed by atoms with E-state index >= 15 is 0 Å². The Hall–Kier alpha value is -1.55. The Balaban J connectivity index is 2.12. The van der Waals surface area contributed by atoms with Crippen molar-refractivity contribution < 1.29 is 4.79 Å². The van der Waals surface area contributed by atoms with E-state index in [4.69, 9.17) is 0 Å². The van der Waals surface area contributed by atoms with Crippen LogP contribution in [0.1, 0.15) is 45.7 Å². The molecule has 0 bridgehead atoms. The Morgan fingerprint density at radius 3 is 2.71 bits per heavy atom. The van der Waals surface area contributed by atoms with Gasteiger partial charge in [0.1, 0.15) is 0 Å². The van der Waals surface area contributed by atoms with E-state index in [0.29, 0.717) is 12.6 Å². The molecule has 1 aliphatic heterocycles. The number of nitrogens with one attached hydrogen (secondary N) is 2. The number of carbonyl (C=O) groups is 1. The van der Waals surface area contributed by atoms with E-state index in [1.807, 2.05) is 26.8 Å². The maximum Gasteiger partial charge on any atom is 0.239 e. The van der Waals surface area contributed by atoms with Gasteiger partial charge in [-0.3, -0.25) is 4.79 Å². The molecule has 1 atom stereocenters. The van der Waals surface area contributed by atoms with E-state index in [-0.39, 0.29) is 11.4 Å². The molecular weight excluding hydrogens is 262 g/mol. The summed E-state index contributed by atoms with van der Waals surface area (Å²) in [5.74, 6) is 0.0826. The summed E-state index contributed by atoms with van der Waals surface area (Å²) in [5, 5.41) is 6.56. The second-order valence-electron chi connectivity index (χ2n) is 6.68. The van der Waals surface area contributed by atoms with Gasteiger partial charge in [-0.2, -0.15) is 0 Å². The van der Waals surface area contributed by atoms with Crippen molar-refractivity contribution in [1.29, 1.82) is 0 Å². The SMILES string of the molecule is CCNC1CCN(CC(=O)NC(C)(C)C)c2ccccc21. The van der Waals surface area contributed by atoms with Crippen molar-refractivity contribution in [2.24, 2.45) is 0 Å². The predicted molar refractivity (Wildman–Crippen MR) is 87.6 cm³/mol. The molecule has 1 unspecified atom stereocenters. The second kappa shape index (κ2) is 6.48. The second-order valence-corrected chi connectivity index (χ2v) is 6.68. The van der Waals surface area contributed by atoms with Crippen LogP contribution in [0.3, 0.4) is 0 Å². The Labute approximate surface area is 127 Å². The highest BCUT2D eigenvalue weighted by Crippen LogP contribution is 2.33. The van der Waals surface area contributed by atoms with Crippen LogP contribution in [0.4, 0.5) is 5.69 Å². The maximum absolute atomic E-state index is 12.2. The minimum absolute atomic E-state index is 0.0826. The summed E-state index contributed by atoms with van der Waals surface area (Å²) < 4.78 is 0. The first kappa shape index (κ1) is 15.8. The third-order valence-corrected chi connectivity index (χ3v) is 3.64. The molecule has 0 saturated heterocycles. The van der Waals surface area contributed by atoms with Crippen LogP contribution in [0.25, 0.3) is 0 Å². The molecule has 1 aromatic rings. The average Bonchev–Trinajstić information content (AvgIpc) is 2.40. The summed E-state index contributed by atoms with van der Waals surface area (Å²) >= 11 is 0. The molecule has 0 saturated carbocycles. The number of nitrogens with zero attached hydrogens (tertiary/aromatic N) is 1. The fraction of sp³-hybridized carbons (Fsp3) is 0.588. The van der Waals surface area contributed by atoms with Crippen molar-refractivity contribution in [3.05, 3.63) is 29.8 Å². The number of anilines is 1. The molecule has 1 heterocycles. The first-order valence-corrected chi connectivity index (χ1v) is 7.79. The third kappa shape index (κ3) is 4.21. The zero-order valence-electron chi connectivity index (χ0n) is 13.6. The molecule has 0 aromatic heterocycles. The van der Waals surface area contributed by atoms with Gasteiger partial charge in [0.15, 0.2) is 0 Å². The van der Waals surface area contributed by atoms with E-state index < -0.39 is 0 Å². The van der Waals surface area contributed by atoms with E-state index in [1.165, 1.54) is 11.3 Å². The number of para-hydroxylation sites is 1. The molecule has 1 amide bonds. The molecule has 21 heavy (non-hydrogen) atoms. The molecule has 1 aromatic carbocycles. The standard InChI is InChI=1S/C17H27N3O/c1-5-18-14-10-11-20(12-16(21)19-17(2,3)4)15-9-7-6-8-13(14)15/h6-9,14,18H,5,10-12H2,1-4H3,(H,19,21). The summed E-state index contributed by atoms with van der Waals surface area (Å²) in [6.07, 6.45) is 1.04. The van der Waals surface area contributed by atoms with Crippen LogP contribution in [0.15, 0.2) is 24.3 Å². The summed E-state index contributed by atoms with van der Waals surface area (Å²) in [5.41, 5.74) is 2.30. The van der Waals surface area contributed by atoms with Gasteiger partial charge in [0.25, 0.3) is 0 Å². The number of hydrogen-bond acceptors (Lipinski definition) is 3. The van der Waals surface area contributed by atoms with Crippen molar-refractivity contribution in [2.45, 2.75) is 45.7 Å². The Morgan fingerprint density at radius 1 is 1.33 bits per heavy atom. The number of hydrogen-bond donors (Lipinski definition) is 2. The summed E-state index contributed by atoms with van der Waals surface area (Å²) in [6.45, 7) is 10.5. The lowest BCUT2D eigenvalue weighted by molar-refractivity contribution is -0.121. The largest absolute Gasteiger partial charge is 0.362 e. The van der Waals surface area contributed by atoms with Gasteiger partial charge in [-0.05, 0) is 45.4 Å². The van der Waals surface area contributed by atoms with Gasteiger partial charge in [-0.15, -0.1) is 0 Å². The first-order chi connectivity index (χ1) is 9.90. The topological polar surface area (TPSA) is 44.4 Å². The Morgan fingerprint density at radius 2 is 2.05 bits per heavy atom. The lowest BCUT2D eigenvalue weighted by atomic mass is 9.96. The Kier molecular flexibility index (Phi) is 4.88. The van der Waals surface area contributed by atoms with Gasteiger partial charge in [-0.1, -0.05) is 25.1 Å². The van der Waals surface area contributed by atoms with E-state index in [9.17, 15) is 4.79 Å². The zero-order valence-corrected chi connectivity index (χ0v) is 13.6. The molecule has 0 radical (unpaired) electrons. The average molecular weight is 289 g/mol. The molecule has 0 fully saturated rings. The van der Waals surface area contributed by atoms with Crippen LogP contribution in [0, 0.1) is 0 Å². The third-order valence-electron chi connectivity index (χ3n) is 3.64. The van der Waals surface area contributed by atoms with Gasteiger partial charge in [0.05, 0.1) is 6.54 Å². The van der Waals surface area contributed by atoms with Crippen LogP contribution in [-0.4, -0.2) is 31.1 Å². The molecule has 2 rings (SSSR count). The van der Waals surface area contributed by atoms with Crippen LogP contribution < -0.4 is 15.5 Å². The quantitative estimate of drug-likeness (QED) is 0.895. The molecule has 0 aliphatic carbocycles. The summed E-state index contributed by atoms with van der Waals surface area (Å²) in [6, 6.07) is 8.79. The van der Waals surface area contributed by atoms with Crippen molar-refractivity contribution >= 4 is 11.6 Å². The first-order valence-electron chi connectivity index (χ1n) is 7.79. The number of rotatable bonds is 4. The fourth-order valence-corrected chi connectivity index (χ4v) is 2.88. The smallest absolute Gasteiger partial charge is 0.239 e. The van der Waals surface area contributed by atoms with Crippen molar-refractivity contribution in [2.75, 3.05) is 24.5 Å². The predicted octanol–water partition coefficient (Wildman–Crippen LogP) is 2.46. The number of benzene rings is 1. The molecule has 4 nitrogen and oxygen atoms in total. The number of amides is 1. The van der Waals surface area contributed by atoms with Crippen molar-refractivity contribution in [3.8, 4) is 0 Å². The number of carbonyl (C=O) groups excluding carboxylic acids is 1. The molecule has 0 spiro atoms. The van der Waals surface area contributed by atoms with Crippen LogP contribution in [0.2, 0.25) is 0 Å². The minimum Gasteiger partial charge on any atom is -0.362 e. The summed E-state index contributed by atoms with van der Waals surface area (Å²) in [7, 11) is 0. The fourth-order valence-electron chi connectivity index (χ4n) is 2.88. The highest BCUT2D eigenvalue weighted by Gasteiger charge is 2.26. The molecule has 4 heteroatoms. The molecule has 2 N–H and O–H groups in total. The lowest BCUT2D eigenvalue weighted by Crippen LogP contribution is -2.47. The van der Waals surface area contributed by atoms with Crippen molar-refractivity contribution in [1.82, 2.24) is 10.6 Å². The minimum atomic E-state index is -0.182. The Bertz CT molecular complexity index is 493. The monoisotopic (exact) mass is 289 g/mol.